The second kappa shape index (κ2) is 3.83. The van der Waals surface area contributed by atoms with Crippen molar-refractivity contribution in [1.82, 2.24) is 0 Å². The molecule has 50 valence electrons. The van der Waals surface area contributed by atoms with E-state index in [1.807, 2.05) is 0 Å². The van der Waals surface area contributed by atoms with Gasteiger partial charge in [-0.3, -0.25) is 4.79 Å². The van der Waals surface area contributed by atoms with Crippen molar-refractivity contribution in [2.24, 2.45) is 5.16 Å². The van der Waals surface area contributed by atoms with Gasteiger partial charge in [0.2, 0.25) is 0 Å². The zero-order valence-corrected chi connectivity index (χ0v) is 5.29. The Morgan fingerprint density at radius 1 is 1.89 bits per heavy atom. The van der Waals surface area contributed by atoms with E-state index in [0.717, 1.165) is 0 Å². The molecular weight excluding hydrogens is 118 g/mol. The van der Waals surface area contributed by atoms with E-state index in [9.17, 15) is 4.79 Å². The quantitative estimate of drug-likeness (QED) is 0.266. The number of hydrogen-bond donors (Lipinski definition) is 1. The van der Waals surface area contributed by atoms with E-state index in [-0.39, 0.29) is 11.5 Å². The summed E-state index contributed by atoms with van der Waals surface area (Å²) in [5.74, 6) is -0.225. The molecule has 1 N–H and O–H groups in total. The first-order valence-electron chi connectivity index (χ1n) is 2.55. The first kappa shape index (κ1) is 7.88. The van der Waals surface area contributed by atoms with Crippen LogP contribution < -0.4 is 0 Å². The lowest BCUT2D eigenvalue weighted by atomic mass is 10.2. The zero-order valence-electron chi connectivity index (χ0n) is 5.29. The molecule has 0 bridgehead atoms. The summed E-state index contributed by atoms with van der Waals surface area (Å²) in [4.78, 5) is 10.4. The Bertz CT molecular complexity index is 149. The fourth-order valence-corrected chi connectivity index (χ4v) is 0.392. The van der Waals surface area contributed by atoms with Crippen molar-refractivity contribution in [3.05, 3.63) is 12.7 Å². The largest absolute Gasteiger partial charge is 0.411 e. The number of carbonyl (C=O) groups excluding carboxylic acids is 1. The Kier molecular flexibility index (Phi) is 3.35. The molecule has 0 heterocycles. The van der Waals surface area contributed by atoms with E-state index in [4.69, 9.17) is 5.21 Å². The molecule has 9 heavy (non-hydrogen) atoms. The van der Waals surface area contributed by atoms with Crippen molar-refractivity contribution in [1.29, 1.82) is 0 Å². The molecule has 0 aromatic carbocycles. The van der Waals surface area contributed by atoms with Crippen LogP contribution in [0.5, 0.6) is 0 Å². The first-order valence-corrected chi connectivity index (χ1v) is 2.55. The van der Waals surface area contributed by atoms with E-state index in [2.05, 4.69) is 11.7 Å². The Hall–Kier alpha value is -1.12. The molecule has 0 aliphatic carbocycles. The molecule has 0 aliphatic rings. The lowest BCUT2D eigenvalue weighted by molar-refractivity contribution is -0.111. The lowest BCUT2D eigenvalue weighted by Gasteiger charge is -1.90. The number of ketones is 1. The Balaban J connectivity index is 4.00. The summed E-state index contributed by atoms with van der Waals surface area (Å²) in [6.07, 6.45) is 1.84. The molecular formula is C6H9NO2. The molecule has 3 heteroatoms. The van der Waals surface area contributed by atoms with Gasteiger partial charge in [-0.15, -0.1) is 6.58 Å². The van der Waals surface area contributed by atoms with Gasteiger partial charge in [0.05, 0.1) is 0 Å². The summed E-state index contributed by atoms with van der Waals surface area (Å²) >= 11 is 0. The number of oxime groups is 1. The van der Waals surface area contributed by atoms with E-state index < -0.39 is 0 Å². The average Bonchev–Trinajstić information content (AvgIpc) is 1.82. The van der Waals surface area contributed by atoms with E-state index in [1.165, 1.54) is 13.0 Å². The maximum absolute atomic E-state index is 10.4. The van der Waals surface area contributed by atoms with Gasteiger partial charge in [0, 0.05) is 13.3 Å². The van der Waals surface area contributed by atoms with Crippen molar-refractivity contribution in [2.45, 2.75) is 13.3 Å². The molecule has 0 saturated carbocycles. The number of allylic oxidation sites excluding steroid dienone is 1. The maximum Gasteiger partial charge on any atom is 0.177 e. The van der Waals surface area contributed by atoms with Gasteiger partial charge < -0.3 is 5.21 Å². The van der Waals surface area contributed by atoms with Gasteiger partial charge in [-0.05, 0) is 0 Å². The summed E-state index contributed by atoms with van der Waals surface area (Å²) < 4.78 is 0. The molecule has 0 fully saturated rings. The van der Waals surface area contributed by atoms with Crippen LogP contribution in [-0.2, 0) is 4.79 Å². The van der Waals surface area contributed by atoms with Gasteiger partial charge in [-0.25, -0.2) is 0 Å². The number of nitrogens with zero attached hydrogens (tertiary/aromatic N) is 1. The summed E-state index contributed by atoms with van der Waals surface area (Å²) in [7, 11) is 0. The minimum absolute atomic E-state index is 0.144. The van der Waals surface area contributed by atoms with Gasteiger partial charge >= 0.3 is 0 Å². The minimum Gasteiger partial charge on any atom is -0.411 e. The second-order valence-electron chi connectivity index (χ2n) is 1.60. The number of carbonyl (C=O) groups is 1. The van der Waals surface area contributed by atoms with E-state index >= 15 is 0 Å². The van der Waals surface area contributed by atoms with Crippen molar-refractivity contribution in [3.8, 4) is 0 Å². The van der Waals surface area contributed by atoms with Gasteiger partial charge in [-0.2, -0.15) is 0 Å². The van der Waals surface area contributed by atoms with E-state index in [0.29, 0.717) is 6.42 Å². The van der Waals surface area contributed by atoms with Crippen LogP contribution in [-0.4, -0.2) is 16.7 Å². The Labute approximate surface area is 53.7 Å². The predicted molar refractivity (Wildman–Crippen MR) is 34.7 cm³/mol. The second-order valence-corrected chi connectivity index (χ2v) is 1.60. The molecule has 3 nitrogen and oxygen atoms in total. The maximum atomic E-state index is 10.4. The highest BCUT2D eigenvalue weighted by Crippen LogP contribution is 1.87. The number of hydrogen-bond acceptors (Lipinski definition) is 3. The molecule has 0 rings (SSSR count). The van der Waals surface area contributed by atoms with Crippen LogP contribution in [0.15, 0.2) is 17.8 Å². The third-order valence-corrected chi connectivity index (χ3v) is 0.865. The highest BCUT2D eigenvalue weighted by Gasteiger charge is 2.01. The molecule has 0 saturated heterocycles. The van der Waals surface area contributed by atoms with Crippen LogP contribution in [0.2, 0.25) is 0 Å². The molecule has 0 unspecified atom stereocenters. The fourth-order valence-electron chi connectivity index (χ4n) is 0.392. The fraction of sp³-hybridized carbons (Fsp3) is 0.333. The van der Waals surface area contributed by atoms with Gasteiger partial charge in [0.15, 0.2) is 5.78 Å². The first-order chi connectivity index (χ1) is 4.22. The molecule has 0 aliphatic heterocycles. The monoisotopic (exact) mass is 127 g/mol. The third-order valence-electron chi connectivity index (χ3n) is 0.865. The van der Waals surface area contributed by atoms with Crippen LogP contribution in [0.25, 0.3) is 0 Å². The van der Waals surface area contributed by atoms with Crippen LogP contribution in [0.1, 0.15) is 13.3 Å². The third kappa shape index (κ3) is 2.64. The molecule has 0 aromatic heterocycles. The smallest absolute Gasteiger partial charge is 0.177 e. The van der Waals surface area contributed by atoms with Crippen LogP contribution in [0.4, 0.5) is 0 Å². The summed E-state index contributed by atoms with van der Waals surface area (Å²) in [6, 6.07) is 0. The molecule has 0 radical (unpaired) electrons. The highest BCUT2D eigenvalue weighted by molar-refractivity contribution is 6.39. The van der Waals surface area contributed by atoms with Crippen LogP contribution in [0.3, 0.4) is 0 Å². The van der Waals surface area contributed by atoms with Crippen molar-refractivity contribution in [2.75, 3.05) is 0 Å². The molecule has 0 spiro atoms. The normalized spacial score (nSPS) is 11.0. The Morgan fingerprint density at radius 3 is 2.56 bits per heavy atom. The molecule has 0 aromatic rings. The van der Waals surface area contributed by atoms with Gasteiger partial charge in [-0.1, -0.05) is 11.2 Å². The van der Waals surface area contributed by atoms with Crippen molar-refractivity contribution >= 4 is 11.5 Å². The highest BCUT2D eigenvalue weighted by atomic mass is 16.4. The topological polar surface area (TPSA) is 49.7 Å². The SMILES string of the molecule is C=CC/C(=N\O)C(C)=O. The number of rotatable bonds is 3. The van der Waals surface area contributed by atoms with Gasteiger partial charge in [0.1, 0.15) is 5.71 Å². The van der Waals surface area contributed by atoms with Crippen molar-refractivity contribution < 1.29 is 10.0 Å². The lowest BCUT2D eigenvalue weighted by Crippen LogP contribution is -2.07. The van der Waals surface area contributed by atoms with Gasteiger partial charge in [0.25, 0.3) is 0 Å². The predicted octanol–water partition coefficient (Wildman–Crippen LogP) is 0.982. The summed E-state index contributed by atoms with van der Waals surface area (Å²) in [6.45, 7) is 4.73. The van der Waals surface area contributed by atoms with Crippen LogP contribution >= 0.6 is 0 Å². The van der Waals surface area contributed by atoms with Crippen molar-refractivity contribution in [3.63, 3.8) is 0 Å². The Morgan fingerprint density at radius 2 is 2.44 bits per heavy atom. The molecule has 0 amide bonds. The standard InChI is InChI=1S/C6H9NO2/c1-3-4-6(7-9)5(2)8/h3,9H,1,4H2,2H3/b7-6+. The summed E-state index contributed by atoms with van der Waals surface area (Å²) in [5, 5.41) is 10.9. The summed E-state index contributed by atoms with van der Waals surface area (Å²) in [5.41, 5.74) is 0.144. The molecule has 0 atom stereocenters. The number of Topliss-reactive ketones (excluding diaryl/α,β-unsaturated/α-hetero) is 1. The zero-order chi connectivity index (χ0) is 7.28. The average molecular weight is 127 g/mol. The van der Waals surface area contributed by atoms with E-state index in [1.54, 1.807) is 0 Å². The minimum atomic E-state index is -0.225. The van der Waals surface area contributed by atoms with Crippen LogP contribution in [0, 0.1) is 0 Å².